The number of hydrogen-bond acceptors (Lipinski definition) is 3. The summed E-state index contributed by atoms with van der Waals surface area (Å²) in [4.78, 5) is 23.3. The standard InChI is InChI=1S/C14H13Cl2NO3/c15-10-6-3-7-11(12(10)16)17-13(18)8-4-1-2-5-9(8)14(19)20/h1-3,6-9H,4-5H2,(H,17,18)(H,19,20)/p-1/t8-,9-/m1/s1. The minimum absolute atomic E-state index is 0.235. The quantitative estimate of drug-likeness (QED) is 0.870. The first-order valence-corrected chi connectivity index (χ1v) is 6.87. The fourth-order valence-electron chi connectivity index (χ4n) is 2.19. The number of rotatable bonds is 3. The maximum Gasteiger partial charge on any atom is 0.228 e. The molecule has 0 radical (unpaired) electrons. The predicted molar refractivity (Wildman–Crippen MR) is 75.5 cm³/mol. The number of carboxylic acid groups (broad SMARTS) is 1. The van der Waals surface area contributed by atoms with Gasteiger partial charge in [-0.05, 0) is 25.0 Å². The summed E-state index contributed by atoms with van der Waals surface area (Å²) >= 11 is 11.8. The lowest BCUT2D eigenvalue weighted by Crippen LogP contribution is -2.41. The predicted octanol–water partition coefficient (Wildman–Crippen LogP) is 2.26. The lowest BCUT2D eigenvalue weighted by molar-refractivity contribution is -0.313. The third kappa shape index (κ3) is 3.14. The number of nitrogens with one attached hydrogen (secondary N) is 1. The summed E-state index contributed by atoms with van der Waals surface area (Å²) in [6, 6.07) is 4.87. The van der Waals surface area contributed by atoms with Crippen LogP contribution >= 0.6 is 23.2 Å². The van der Waals surface area contributed by atoms with E-state index in [0.717, 1.165) is 0 Å². The second-order valence-corrected chi connectivity index (χ2v) is 5.35. The molecular formula is C14H12Cl2NO3-. The maximum atomic E-state index is 12.2. The van der Waals surface area contributed by atoms with Crippen LogP contribution in [0.5, 0.6) is 0 Å². The van der Waals surface area contributed by atoms with Crippen molar-refractivity contribution in [1.82, 2.24) is 0 Å². The molecule has 0 fully saturated rings. The summed E-state index contributed by atoms with van der Waals surface area (Å²) in [6.45, 7) is 0. The Kier molecular flexibility index (Phi) is 4.68. The molecule has 0 saturated carbocycles. The molecule has 20 heavy (non-hydrogen) atoms. The molecule has 0 spiro atoms. The van der Waals surface area contributed by atoms with Gasteiger partial charge in [0.05, 0.1) is 21.7 Å². The molecule has 0 aromatic heterocycles. The Morgan fingerprint density at radius 2 is 1.80 bits per heavy atom. The normalized spacial score (nSPS) is 21.5. The second kappa shape index (κ2) is 6.29. The van der Waals surface area contributed by atoms with Crippen molar-refractivity contribution in [3.8, 4) is 0 Å². The van der Waals surface area contributed by atoms with Crippen LogP contribution in [0.1, 0.15) is 12.8 Å². The fraction of sp³-hybridized carbons (Fsp3) is 0.286. The number of anilines is 1. The van der Waals surface area contributed by atoms with Crippen molar-refractivity contribution in [2.24, 2.45) is 11.8 Å². The topological polar surface area (TPSA) is 69.2 Å². The van der Waals surface area contributed by atoms with Crippen molar-refractivity contribution in [2.75, 3.05) is 5.32 Å². The molecule has 2 atom stereocenters. The van der Waals surface area contributed by atoms with Crippen LogP contribution in [0.2, 0.25) is 10.0 Å². The average Bonchev–Trinajstić information content (AvgIpc) is 2.43. The van der Waals surface area contributed by atoms with Gasteiger partial charge in [0, 0.05) is 11.9 Å². The van der Waals surface area contributed by atoms with Gasteiger partial charge in [-0.15, -0.1) is 0 Å². The van der Waals surface area contributed by atoms with E-state index in [1.165, 1.54) is 0 Å². The zero-order chi connectivity index (χ0) is 14.7. The van der Waals surface area contributed by atoms with Crippen molar-refractivity contribution >= 4 is 40.8 Å². The van der Waals surface area contributed by atoms with E-state index in [0.29, 0.717) is 23.6 Å². The average molecular weight is 313 g/mol. The molecule has 1 aromatic carbocycles. The molecule has 0 bridgehead atoms. The van der Waals surface area contributed by atoms with Gasteiger partial charge in [-0.3, -0.25) is 4.79 Å². The molecule has 2 rings (SSSR count). The van der Waals surface area contributed by atoms with Crippen LogP contribution in [0, 0.1) is 11.8 Å². The van der Waals surface area contributed by atoms with Crippen LogP contribution in [-0.2, 0) is 9.59 Å². The zero-order valence-electron chi connectivity index (χ0n) is 10.4. The Bertz CT molecular complexity index is 572. The lowest BCUT2D eigenvalue weighted by Gasteiger charge is -2.28. The summed E-state index contributed by atoms with van der Waals surface area (Å²) < 4.78 is 0. The summed E-state index contributed by atoms with van der Waals surface area (Å²) in [5.41, 5.74) is 0.371. The van der Waals surface area contributed by atoms with E-state index in [1.807, 2.05) is 0 Å². The Hall–Kier alpha value is -1.52. The highest BCUT2D eigenvalue weighted by molar-refractivity contribution is 6.44. The number of hydrogen-bond donors (Lipinski definition) is 1. The molecule has 1 aliphatic rings. The highest BCUT2D eigenvalue weighted by Crippen LogP contribution is 2.31. The van der Waals surface area contributed by atoms with Gasteiger partial charge in [-0.2, -0.15) is 0 Å². The number of amides is 1. The maximum absolute atomic E-state index is 12.2. The summed E-state index contributed by atoms with van der Waals surface area (Å²) in [5, 5.41) is 14.3. The molecule has 1 aromatic rings. The number of benzene rings is 1. The Labute approximate surface area is 126 Å². The largest absolute Gasteiger partial charge is 0.550 e. The zero-order valence-corrected chi connectivity index (χ0v) is 11.9. The molecular weight excluding hydrogens is 301 g/mol. The van der Waals surface area contributed by atoms with Crippen LogP contribution in [0.3, 0.4) is 0 Å². The monoisotopic (exact) mass is 312 g/mol. The van der Waals surface area contributed by atoms with Gasteiger partial charge in [0.1, 0.15) is 0 Å². The fourth-order valence-corrected chi connectivity index (χ4v) is 2.54. The first-order valence-electron chi connectivity index (χ1n) is 6.11. The van der Waals surface area contributed by atoms with Gasteiger partial charge in [0.2, 0.25) is 5.91 Å². The molecule has 0 unspecified atom stereocenters. The first-order chi connectivity index (χ1) is 9.50. The van der Waals surface area contributed by atoms with Crippen LogP contribution in [0.4, 0.5) is 5.69 Å². The molecule has 1 aliphatic carbocycles. The van der Waals surface area contributed by atoms with Crippen LogP contribution in [0.25, 0.3) is 0 Å². The van der Waals surface area contributed by atoms with E-state index in [1.54, 1.807) is 30.4 Å². The number of allylic oxidation sites excluding steroid dienone is 2. The summed E-state index contributed by atoms with van der Waals surface area (Å²) in [5.74, 6) is -3.10. The van der Waals surface area contributed by atoms with E-state index in [9.17, 15) is 14.7 Å². The number of carbonyl (C=O) groups is 2. The van der Waals surface area contributed by atoms with Gasteiger partial charge in [-0.1, -0.05) is 41.4 Å². The molecule has 0 saturated heterocycles. The van der Waals surface area contributed by atoms with Gasteiger partial charge in [0.25, 0.3) is 0 Å². The molecule has 106 valence electrons. The smallest absolute Gasteiger partial charge is 0.228 e. The van der Waals surface area contributed by atoms with Gasteiger partial charge >= 0.3 is 0 Å². The van der Waals surface area contributed by atoms with Crippen LogP contribution in [0.15, 0.2) is 30.4 Å². The van der Waals surface area contributed by atoms with Crippen LogP contribution < -0.4 is 10.4 Å². The second-order valence-electron chi connectivity index (χ2n) is 4.57. The molecule has 0 heterocycles. The Balaban J connectivity index is 2.17. The highest BCUT2D eigenvalue weighted by atomic mass is 35.5. The van der Waals surface area contributed by atoms with Crippen molar-refractivity contribution < 1.29 is 14.7 Å². The summed E-state index contributed by atoms with van der Waals surface area (Å²) in [7, 11) is 0. The minimum atomic E-state index is -1.22. The number of aliphatic carboxylic acids is 1. The Morgan fingerprint density at radius 3 is 2.45 bits per heavy atom. The van der Waals surface area contributed by atoms with E-state index in [2.05, 4.69) is 5.32 Å². The molecule has 1 N–H and O–H groups in total. The number of carbonyl (C=O) groups excluding carboxylic acids is 2. The van der Waals surface area contributed by atoms with E-state index >= 15 is 0 Å². The van der Waals surface area contributed by atoms with E-state index in [4.69, 9.17) is 23.2 Å². The number of carboxylic acids is 1. The van der Waals surface area contributed by atoms with Crippen LogP contribution in [-0.4, -0.2) is 11.9 Å². The first kappa shape index (κ1) is 14.9. The number of halogens is 2. The van der Waals surface area contributed by atoms with E-state index < -0.39 is 23.7 Å². The molecule has 1 amide bonds. The minimum Gasteiger partial charge on any atom is -0.550 e. The molecule has 6 heteroatoms. The highest BCUT2D eigenvalue weighted by Gasteiger charge is 2.30. The Morgan fingerprint density at radius 1 is 1.15 bits per heavy atom. The summed E-state index contributed by atoms with van der Waals surface area (Å²) in [6.07, 6.45) is 4.20. The third-order valence-corrected chi connectivity index (χ3v) is 4.10. The molecule has 4 nitrogen and oxygen atoms in total. The third-order valence-electron chi connectivity index (χ3n) is 3.28. The molecule has 0 aliphatic heterocycles. The van der Waals surface area contributed by atoms with Gasteiger partial charge < -0.3 is 15.2 Å². The van der Waals surface area contributed by atoms with Crippen molar-refractivity contribution in [3.63, 3.8) is 0 Å². The SMILES string of the molecule is O=C([O-])[C@@H]1CC=CC[C@H]1C(=O)Nc1cccc(Cl)c1Cl. The van der Waals surface area contributed by atoms with Gasteiger partial charge in [-0.25, -0.2) is 0 Å². The van der Waals surface area contributed by atoms with Gasteiger partial charge in [0.15, 0.2) is 0 Å². The van der Waals surface area contributed by atoms with Crippen molar-refractivity contribution in [3.05, 3.63) is 40.4 Å². The van der Waals surface area contributed by atoms with E-state index in [-0.39, 0.29) is 5.02 Å². The lowest BCUT2D eigenvalue weighted by atomic mass is 9.82. The van der Waals surface area contributed by atoms with Crippen molar-refractivity contribution in [1.29, 1.82) is 0 Å². The van der Waals surface area contributed by atoms with Crippen molar-refractivity contribution in [2.45, 2.75) is 12.8 Å².